The van der Waals surface area contributed by atoms with Crippen LogP contribution in [0.15, 0.2) is 42.5 Å². The van der Waals surface area contributed by atoms with Gasteiger partial charge in [-0.3, -0.25) is 4.79 Å². The molecule has 2 aromatic carbocycles. The van der Waals surface area contributed by atoms with Crippen LogP contribution in [0.4, 0.5) is 0 Å². The van der Waals surface area contributed by atoms with E-state index in [9.17, 15) is 9.90 Å². The van der Waals surface area contributed by atoms with Crippen molar-refractivity contribution in [2.45, 2.75) is 18.9 Å². The number of hydrogen-bond donors (Lipinski definition) is 1. The molecule has 2 unspecified atom stereocenters. The number of hydrogen-bond acceptors (Lipinski definition) is 4. The van der Waals surface area contributed by atoms with Gasteiger partial charge in [-0.1, -0.05) is 24.3 Å². The maximum absolute atomic E-state index is 13.2. The van der Waals surface area contributed by atoms with Crippen molar-refractivity contribution >= 4 is 5.91 Å². The predicted molar refractivity (Wildman–Crippen MR) is 97.4 cm³/mol. The second-order valence-corrected chi connectivity index (χ2v) is 6.86. The molecule has 0 bridgehead atoms. The van der Waals surface area contributed by atoms with Gasteiger partial charge in [0.2, 0.25) is 5.91 Å². The first-order valence-corrected chi connectivity index (χ1v) is 9.00. The van der Waals surface area contributed by atoms with Crippen molar-refractivity contribution in [2.75, 3.05) is 26.9 Å². The molecule has 5 heteroatoms. The van der Waals surface area contributed by atoms with Gasteiger partial charge in [0, 0.05) is 6.54 Å². The molecule has 2 aliphatic heterocycles. The van der Waals surface area contributed by atoms with Gasteiger partial charge in [-0.05, 0) is 47.7 Å². The van der Waals surface area contributed by atoms with Gasteiger partial charge in [0.25, 0.3) is 0 Å². The van der Waals surface area contributed by atoms with Crippen LogP contribution in [0.1, 0.15) is 22.7 Å². The van der Waals surface area contributed by atoms with Crippen molar-refractivity contribution in [2.24, 2.45) is 5.92 Å². The lowest BCUT2D eigenvalue weighted by molar-refractivity contribution is -0.141. The van der Waals surface area contributed by atoms with E-state index in [0.29, 0.717) is 19.6 Å². The Morgan fingerprint density at radius 3 is 2.92 bits per heavy atom. The Labute approximate surface area is 153 Å². The van der Waals surface area contributed by atoms with Crippen LogP contribution in [0, 0.1) is 5.92 Å². The predicted octanol–water partition coefficient (Wildman–Crippen LogP) is 2.36. The standard InChI is InChI=1S/C21H23NO4/c1-25-17-6-7-20-15(11-17)10-16(13-26-20)21(24)22-9-8-14-4-2-3-5-18(14)19(22)12-23/h2-7,11,16,19,23H,8-10,12-13H2,1H3. The number of aliphatic hydroxyl groups is 1. The summed E-state index contributed by atoms with van der Waals surface area (Å²) in [4.78, 5) is 15.0. The molecule has 0 saturated carbocycles. The van der Waals surface area contributed by atoms with E-state index in [4.69, 9.17) is 9.47 Å². The minimum absolute atomic E-state index is 0.0482. The van der Waals surface area contributed by atoms with Crippen LogP contribution in [-0.2, 0) is 17.6 Å². The van der Waals surface area contributed by atoms with E-state index < -0.39 is 0 Å². The summed E-state index contributed by atoms with van der Waals surface area (Å²) in [6.07, 6.45) is 1.44. The Morgan fingerprint density at radius 2 is 2.12 bits per heavy atom. The second kappa shape index (κ2) is 7.00. The zero-order valence-corrected chi connectivity index (χ0v) is 14.9. The summed E-state index contributed by atoms with van der Waals surface area (Å²) >= 11 is 0. The number of nitrogens with zero attached hydrogens (tertiary/aromatic N) is 1. The zero-order chi connectivity index (χ0) is 18.1. The highest BCUT2D eigenvalue weighted by molar-refractivity contribution is 5.80. The third-order valence-corrected chi connectivity index (χ3v) is 5.39. The lowest BCUT2D eigenvalue weighted by Gasteiger charge is -2.39. The third kappa shape index (κ3) is 2.92. The molecule has 2 aliphatic rings. The Balaban J connectivity index is 1.56. The first-order valence-electron chi connectivity index (χ1n) is 9.00. The highest BCUT2D eigenvalue weighted by atomic mass is 16.5. The van der Waals surface area contributed by atoms with Gasteiger partial charge in [0.1, 0.15) is 18.1 Å². The molecule has 136 valence electrons. The summed E-state index contributed by atoms with van der Waals surface area (Å²) in [5.41, 5.74) is 3.26. The number of ether oxygens (including phenoxy) is 2. The monoisotopic (exact) mass is 353 g/mol. The minimum atomic E-state index is -0.279. The van der Waals surface area contributed by atoms with E-state index in [-0.39, 0.29) is 24.5 Å². The average molecular weight is 353 g/mol. The molecule has 0 spiro atoms. The smallest absolute Gasteiger partial charge is 0.230 e. The molecule has 0 fully saturated rings. The molecule has 0 saturated heterocycles. The lowest BCUT2D eigenvalue weighted by Crippen LogP contribution is -2.46. The van der Waals surface area contributed by atoms with Crippen LogP contribution < -0.4 is 9.47 Å². The summed E-state index contributed by atoms with van der Waals surface area (Å²) < 4.78 is 11.1. The van der Waals surface area contributed by atoms with Gasteiger partial charge in [0.05, 0.1) is 25.7 Å². The number of fused-ring (bicyclic) bond motifs is 2. The van der Waals surface area contributed by atoms with E-state index in [1.165, 1.54) is 5.56 Å². The first kappa shape index (κ1) is 16.9. The van der Waals surface area contributed by atoms with Gasteiger partial charge in [-0.2, -0.15) is 0 Å². The van der Waals surface area contributed by atoms with E-state index in [2.05, 4.69) is 6.07 Å². The minimum Gasteiger partial charge on any atom is -0.497 e. The fraction of sp³-hybridized carbons (Fsp3) is 0.381. The summed E-state index contributed by atoms with van der Waals surface area (Å²) in [6, 6.07) is 13.5. The molecule has 26 heavy (non-hydrogen) atoms. The van der Waals surface area contributed by atoms with E-state index >= 15 is 0 Å². The number of methoxy groups -OCH3 is 1. The Hall–Kier alpha value is -2.53. The quantitative estimate of drug-likeness (QED) is 0.920. The van der Waals surface area contributed by atoms with E-state index in [1.54, 1.807) is 7.11 Å². The molecule has 0 aliphatic carbocycles. The molecule has 2 atom stereocenters. The molecule has 1 N–H and O–H groups in total. The normalized spacial score (nSPS) is 21.4. The van der Waals surface area contributed by atoms with Gasteiger partial charge >= 0.3 is 0 Å². The number of carbonyl (C=O) groups is 1. The molecular formula is C21H23NO4. The van der Waals surface area contributed by atoms with Crippen LogP contribution in [0.25, 0.3) is 0 Å². The topological polar surface area (TPSA) is 59.0 Å². The van der Waals surface area contributed by atoms with Gasteiger partial charge in [0.15, 0.2) is 0 Å². The molecule has 2 aromatic rings. The van der Waals surface area contributed by atoms with Gasteiger partial charge < -0.3 is 19.5 Å². The van der Waals surface area contributed by atoms with Gasteiger partial charge in [-0.15, -0.1) is 0 Å². The fourth-order valence-electron chi connectivity index (χ4n) is 4.00. The summed E-state index contributed by atoms with van der Waals surface area (Å²) in [6.45, 7) is 0.928. The molecule has 2 heterocycles. The summed E-state index contributed by atoms with van der Waals surface area (Å²) in [5.74, 6) is 1.39. The molecular weight excluding hydrogens is 330 g/mol. The van der Waals surface area contributed by atoms with Crippen molar-refractivity contribution in [1.82, 2.24) is 4.90 Å². The zero-order valence-electron chi connectivity index (χ0n) is 14.9. The van der Waals surface area contributed by atoms with Crippen molar-refractivity contribution in [1.29, 1.82) is 0 Å². The van der Waals surface area contributed by atoms with Crippen molar-refractivity contribution in [3.8, 4) is 11.5 Å². The van der Waals surface area contributed by atoms with Gasteiger partial charge in [-0.25, -0.2) is 0 Å². The summed E-state index contributed by atoms with van der Waals surface area (Å²) in [5, 5.41) is 9.94. The molecule has 0 radical (unpaired) electrons. The highest BCUT2D eigenvalue weighted by Gasteiger charge is 2.36. The Kier molecular flexibility index (Phi) is 4.55. The third-order valence-electron chi connectivity index (χ3n) is 5.39. The summed E-state index contributed by atoms with van der Waals surface area (Å²) in [7, 11) is 1.63. The van der Waals surface area contributed by atoms with Crippen LogP contribution in [0.3, 0.4) is 0 Å². The number of carbonyl (C=O) groups excluding carboxylic acids is 1. The maximum Gasteiger partial charge on any atom is 0.230 e. The molecule has 1 amide bonds. The van der Waals surface area contributed by atoms with Crippen LogP contribution >= 0.6 is 0 Å². The Bertz CT molecular complexity index is 819. The SMILES string of the molecule is COc1ccc2c(c1)CC(C(=O)N1CCc3ccccc3C1CO)CO2. The van der Waals surface area contributed by atoms with Crippen molar-refractivity contribution in [3.63, 3.8) is 0 Å². The lowest BCUT2D eigenvalue weighted by atomic mass is 9.90. The van der Waals surface area contributed by atoms with E-state index in [1.807, 2.05) is 41.3 Å². The number of amides is 1. The van der Waals surface area contributed by atoms with Crippen LogP contribution in [0.2, 0.25) is 0 Å². The molecule has 5 nitrogen and oxygen atoms in total. The number of aliphatic hydroxyl groups excluding tert-OH is 1. The van der Waals surface area contributed by atoms with Crippen molar-refractivity contribution < 1.29 is 19.4 Å². The highest BCUT2D eigenvalue weighted by Crippen LogP contribution is 2.34. The Morgan fingerprint density at radius 1 is 1.27 bits per heavy atom. The fourth-order valence-corrected chi connectivity index (χ4v) is 4.00. The maximum atomic E-state index is 13.2. The largest absolute Gasteiger partial charge is 0.497 e. The van der Waals surface area contributed by atoms with E-state index in [0.717, 1.165) is 29.0 Å². The molecule has 0 aromatic heterocycles. The number of benzene rings is 2. The molecule has 4 rings (SSSR count). The van der Waals surface area contributed by atoms with Crippen LogP contribution in [0.5, 0.6) is 11.5 Å². The average Bonchev–Trinajstić information content (AvgIpc) is 2.71. The first-order chi connectivity index (χ1) is 12.7. The second-order valence-electron chi connectivity index (χ2n) is 6.86. The van der Waals surface area contributed by atoms with Crippen LogP contribution in [-0.4, -0.2) is 42.8 Å². The number of rotatable bonds is 3. The van der Waals surface area contributed by atoms with Crippen molar-refractivity contribution in [3.05, 3.63) is 59.2 Å².